The molecule has 6 heteroatoms. The highest BCUT2D eigenvalue weighted by molar-refractivity contribution is 5.97. The minimum atomic E-state index is -1.30. The molecule has 1 aliphatic rings. The van der Waals surface area contributed by atoms with Gasteiger partial charge in [-0.15, -0.1) is 0 Å². The number of nitrogens with zero attached hydrogens (tertiary/aromatic N) is 2. The number of amides is 1. The summed E-state index contributed by atoms with van der Waals surface area (Å²) in [4.78, 5) is 24.4. The molecule has 6 nitrogen and oxygen atoms in total. The third-order valence-electron chi connectivity index (χ3n) is 5.24. The van der Waals surface area contributed by atoms with Gasteiger partial charge in [-0.1, -0.05) is 24.6 Å². The van der Waals surface area contributed by atoms with Crippen LogP contribution in [0, 0.1) is 6.92 Å². The van der Waals surface area contributed by atoms with Gasteiger partial charge in [-0.3, -0.25) is 4.79 Å². The molecule has 2 aromatic rings. The zero-order valence-corrected chi connectivity index (χ0v) is 15.5. The monoisotopic (exact) mass is 355 g/mol. The molecule has 138 valence electrons. The molecule has 2 N–H and O–H groups in total. The third-order valence-corrected chi connectivity index (χ3v) is 5.24. The molecule has 0 spiro atoms. The van der Waals surface area contributed by atoms with Gasteiger partial charge in [0.25, 0.3) is 5.91 Å². The standard InChI is InChI=1S/C20H25N3O3/c1-4-20(3,19(25)26)21-18(24)17-15-7-5-6-8-16(15)23(22-17)14-11-9-13(2)10-12-14/h9-12H,4-8H2,1-3H3,(H,21,24)(H,25,26). The first-order valence-corrected chi connectivity index (χ1v) is 9.09. The highest BCUT2D eigenvalue weighted by atomic mass is 16.4. The second-order valence-corrected chi connectivity index (χ2v) is 7.17. The van der Waals surface area contributed by atoms with E-state index < -0.39 is 17.4 Å². The molecular formula is C20H25N3O3. The van der Waals surface area contributed by atoms with Crippen molar-refractivity contribution in [3.63, 3.8) is 0 Å². The van der Waals surface area contributed by atoms with Crippen molar-refractivity contribution in [2.24, 2.45) is 0 Å². The van der Waals surface area contributed by atoms with Gasteiger partial charge in [-0.25, -0.2) is 9.48 Å². The molecule has 1 unspecified atom stereocenters. The van der Waals surface area contributed by atoms with Crippen LogP contribution in [-0.4, -0.2) is 32.3 Å². The van der Waals surface area contributed by atoms with Gasteiger partial charge in [0.2, 0.25) is 0 Å². The number of fused-ring (bicyclic) bond motifs is 1. The Bertz CT molecular complexity index is 839. The van der Waals surface area contributed by atoms with Gasteiger partial charge in [0.05, 0.1) is 5.69 Å². The fraction of sp³-hybridized carbons (Fsp3) is 0.450. The smallest absolute Gasteiger partial charge is 0.329 e. The van der Waals surface area contributed by atoms with Crippen LogP contribution in [-0.2, 0) is 17.6 Å². The largest absolute Gasteiger partial charge is 0.480 e. The number of carbonyl (C=O) groups excluding carboxylic acids is 1. The van der Waals surface area contributed by atoms with Crippen molar-refractivity contribution >= 4 is 11.9 Å². The molecule has 26 heavy (non-hydrogen) atoms. The molecule has 3 rings (SSSR count). The third kappa shape index (κ3) is 3.23. The lowest BCUT2D eigenvalue weighted by molar-refractivity contribution is -0.143. The van der Waals surface area contributed by atoms with Crippen LogP contribution in [0.1, 0.15) is 60.4 Å². The minimum Gasteiger partial charge on any atom is -0.480 e. The molecule has 0 saturated carbocycles. The van der Waals surface area contributed by atoms with Crippen molar-refractivity contribution in [2.45, 2.75) is 58.4 Å². The number of aliphatic carboxylic acids is 1. The number of nitrogens with one attached hydrogen (secondary N) is 1. The van der Waals surface area contributed by atoms with Crippen molar-refractivity contribution in [1.29, 1.82) is 0 Å². The Morgan fingerprint density at radius 1 is 1.23 bits per heavy atom. The van der Waals surface area contributed by atoms with Crippen molar-refractivity contribution < 1.29 is 14.7 Å². The highest BCUT2D eigenvalue weighted by Gasteiger charge is 2.35. The Labute approximate surface area is 153 Å². The molecule has 1 aromatic carbocycles. The zero-order chi connectivity index (χ0) is 18.9. The fourth-order valence-corrected chi connectivity index (χ4v) is 3.28. The highest BCUT2D eigenvalue weighted by Crippen LogP contribution is 2.27. The molecule has 0 aliphatic heterocycles. The summed E-state index contributed by atoms with van der Waals surface area (Å²) >= 11 is 0. The summed E-state index contributed by atoms with van der Waals surface area (Å²) in [7, 11) is 0. The van der Waals surface area contributed by atoms with Crippen LogP contribution in [0.25, 0.3) is 5.69 Å². The Morgan fingerprint density at radius 3 is 2.50 bits per heavy atom. The van der Waals surface area contributed by atoms with Gasteiger partial charge in [-0.05, 0) is 58.1 Å². The van der Waals surface area contributed by atoms with Gasteiger partial charge in [-0.2, -0.15) is 5.10 Å². The summed E-state index contributed by atoms with van der Waals surface area (Å²) in [5, 5.41) is 16.7. The number of carboxylic acid groups (broad SMARTS) is 1. The Morgan fingerprint density at radius 2 is 1.88 bits per heavy atom. The van der Waals surface area contributed by atoms with E-state index in [1.54, 1.807) is 6.92 Å². The predicted octanol–water partition coefficient (Wildman–Crippen LogP) is 3.04. The number of aryl methyl sites for hydroxylation is 1. The quantitative estimate of drug-likeness (QED) is 0.863. The number of carbonyl (C=O) groups is 2. The van der Waals surface area contributed by atoms with Crippen LogP contribution >= 0.6 is 0 Å². The predicted molar refractivity (Wildman–Crippen MR) is 98.7 cm³/mol. The van der Waals surface area contributed by atoms with Crippen molar-refractivity contribution in [2.75, 3.05) is 0 Å². The normalized spacial score (nSPS) is 15.8. The first-order valence-electron chi connectivity index (χ1n) is 9.09. The van der Waals surface area contributed by atoms with E-state index in [9.17, 15) is 14.7 Å². The molecule has 0 fully saturated rings. The molecule has 1 aliphatic carbocycles. The summed E-state index contributed by atoms with van der Waals surface area (Å²) in [5.74, 6) is -1.46. The molecule has 1 atom stereocenters. The van der Waals surface area contributed by atoms with Crippen LogP contribution in [0.4, 0.5) is 0 Å². The van der Waals surface area contributed by atoms with Crippen molar-refractivity contribution in [3.8, 4) is 5.69 Å². The number of carboxylic acids is 1. The van der Waals surface area contributed by atoms with Gasteiger partial charge >= 0.3 is 5.97 Å². The van der Waals surface area contributed by atoms with Crippen molar-refractivity contribution in [1.82, 2.24) is 15.1 Å². The van der Waals surface area contributed by atoms with Crippen molar-refractivity contribution in [3.05, 3.63) is 46.8 Å². The number of rotatable bonds is 5. The van der Waals surface area contributed by atoms with E-state index in [1.807, 2.05) is 35.9 Å². The lowest BCUT2D eigenvalue weighted by Crippen LogP contribution is -2.52. The summed E-state index contributed by atoms with van der Waals surface area (Å²) in [6.45, 7) is 5.30. The van der Waals surface area contributed by atoms with Crippen LogP contribution < -0.4 is 5.32 Å². The maximum Gasteiger partial charge on any atom is 0.329 e. The van der Waals surface area contributed by atoms with Gasteiger partial charge in [0, 0.05) is 11.3 Å². The molecule has 1 aromatic heterocycles. The number of hydrogen-bond acceptors (Lipinski definition) is 3. The topological polar surface area (TPSA) is 84.2 Å². The molecule has 0 radical (unpaired) electrons. The van der Waals surface area contributed by atoms with Gasteiger partial charge in [0.15, 0.2) is 5.69 Å². The Hall–Kier alpha value is -2.63. The molecule has 0 saturated heterocycles. The molecular weight excluding hydrogens is 330 g/mol. The second kappa shape index (κ2) is 6.94. The van der Waals surface area contributed by atoms with Gasteiger partial charge < -0.3 is 10.4 Å². The fourth-order valence-electron chi connectivity index (χ4n) is 3.28. The molecule has 1 heterocycles. The lowest BCUT2D eigenvalue weighted by Gasteiger charge is -2.24. The summed E-state index contributed by atoms with van der Waals surface area (Å²) in [5.41, 5.74) is 3.13. The summed E-state index contributed by atoms with van der Waals surface area (Å²) < 4.78 is 1.84. The van der Waals surface area contributed by atoms with E-state index in [2.05, 4.69) is 10.4 Å². The van der Waals surface area contributed by atoms with E-state index in [1.165, 1.54) is 6.92 Å². The Balaban J connectivity index is 2.01. The average molecular weight is 355 g/mol. The summed E-state index contributed by atoms with van der Waals surface area (Å²) in [6.07, 6.45) is 4.03. The Kier molecular flexibility index (Phi) is 4.85. The summed E-state index contributed by atoms with van der Waals surface area (Å²) in [6, 6.07) is 8.02. The van der Waals surface area contributed by atoms with E-state index in [4.69, 9.17) is 0 Å². The maximum atomic E-state index is 12.8. The van der Waals surface area contributed by atoms with E-state index in [0.29, 0.717) is 12.1 Å². The van der Waals surface area contributed by atoms with E-state index in [0.717, 1.165) is 48.2 Å². The molecule has 1 amide bonds. The maximum absolute atomic E-state index is 12.8. The second-order valence-electron chi connectivity index (χ2n) is 7.17. The van der Waals surface area contributed by atoms with E-state index >= 15 is 0 Å². The SMILES string of the molecule is CCC(C)(NC(=O)c1nn(-c2ccc(C)cc2)c2c1CCCC2)C(=O)O. The number of aromatic nitrogens is 2. The van der Waals surface area contributed by atoms with Crippen LogP contribution in [0.15, 0.2) is 24.3 Å². The van der Waals surface area contributed by atoms with Crippen LogP contribution in [0.5, 0.6) is 0 Å². The molecule has 0 bridgehead atoms. The first kappa shape index (κ1) is 18.2. The first-order chi connectivity index (χ1) is 12.4. The lowest BCUT2D eigenvalue weighted by atomic mass is 9.94. The average Bonchev–Trinajstić information content (AvgIpc) is 3.02. The number of hydrogen-bond donors (Lipinski definition) is 2. The minimum absolute atomic E-state index is 0.301. The number of benzene rings is 1. The van der Waals surface area contributed by atoms with Gasteiger partial charge in [0.1, 0.15) is 5.54 Å². The van der Waals surface area contributed by atoms with E-state index in [-0.39, 0.29) is 0 Å². The zero-order valence-electron chi connectivity index (χ0n) is 15.5. The van der Waals surface area contributed by atoms with Crippen LogP contribution in [0.2, 0.25) is 0 Å². The van der Waals surface area contributed by atoms with Crippen LogP contribution in [0.3, 0.4) is 0 Å².